The van der Waals surface area contributed by atoms with E-state index < -0.39 is 4.92 Å². The van der Waals surface area contributed by atoms with E-state index in [1.807, 2.05) is 0 Å². The topological polar surface area (TPSA) is 89.5 Å². The molecule has 1 aliphatic rings. The molecule has 0 aromatic heterocycles. The van der Waals surface area contributed by atoms with Crippen LogP contribution in [0.5, 0.6) is 0 Å². The third-order valence-corrected chi connectivity index (χ3v) is 3.96. The monoisotopic (exact) mass is 277 g/mol. The van der Waals surface area contributed by atoms with Crippen molar-refractivity contribution in [2.45, 2.75) is 26.2 Å². The first kappa shape index (κ1) is 14.3. The number of carbonyl (C=O) groups excluding carboxylic acids is 1. The number of anilines is 1. The summed E-state index contributed by atoms with van der Waals surface area (Å²) in [5.74, 6) is 0.355. The van der Waals surface area contributed by atoms with Gasteiger partial charge in [0.15, 0.2) is 0 Å². The Hall–Kier alpha value is -2.11. The SMILES string of the molecule is CCC1CCN(C(=O)c2cccc(N)c2[N+](=O)[O-])CC1. The summed E-state index contributed by atoms with van der Waals surface area (Å²) in [7, 11) is 0. The Labute approximate surface area is 117 Å². The van der Waals surface area contributed by atoms with Crippen LogP contribution in [0.15, 0.2) is 18.2 Å². The van der Waals surface area contributed by atoms with Gasteiger partial charge in [0.05, 0.1) is 4.92 Å². The number of nitro benzene ring substituents is 1. The van der Waals surface area contributed by atoms with Crippen LogP contribution < -0.4 is 5.73 Å². The predicted octanol–water partition coefficient (Wildman–Crippen LogP) is 2.44. The molecule has 6 heteroatoms. The van der Waals surface area contributed by atoms with Gasteiger partial charge in [0, 0.05) is 13.1 Å². The van der Waals surface area contributed by atoms with Crippen molar-refractivity contribution >= 4 is 17.3 Å². The maximum Gasteiger partial charge on any atom is 0.304 e. The molecule has 20 heavy (non-hydrogen) atoms. The molecular weight excluding hydrogens is 258 g/mol. The van der Waals surface area contributed by atoms with Crippen molar-refractivity contribution in [3.63, 3.8) is 0 Å². The highest BCUT2D eigenvalue weighted by atomic mass is 16.6. The van der Waals surface area contributed by atoms with Gasteiger partial charge in [0.1, 0.15) is 11.3 Å². The van der Waals surface area contributed by atoms with Crippen LogP contribution in [0.25, 0.3) is 0 Å². The average Bonchev–Trinajstić information content (AvgIpc) is 2.46. The fraction of sp³-hybridized carbons (Fsp3) is 0.500. The number of nitrogen functional groups attached to an aromatic ring is 1. The Morgan fingerprint density at radius 2 is 2.10 bits per heavy atom. The van der Waals surface area contributed by atoms with E-state index >= 15 is 0 Å². The second-order valence-corrected chi connectivity index (χ2v) is 5.14. The molecule has 1 aliphatic heterocycles. The number of amides is 1. The maximum absolute atomic E-state index is 12.4. The van der Waals surface area contributed by atoms with Crippen LogP contribution in [0, 0.1) is 16.0 Å². The zero-order valence-electron chi connectivity index (χ0n) is 11.5. The van der Waals surface area contributed by atoms with Gasteiger partial charge in [-0.15, -0.1) is 0 Å². The number of hydrogen-bond donors (Lipinski definition) is 1. The van der Waals surface area contributed by atoms with Gasteiger partial charge in [-0.05, 0) is 30.9 Å². The molecule has 0 aliphatic carbocycles. The number of likely N-dealkylation sites (tertiary alicyclic amines) is 1. The Bertz CT molecular complexity index is 522. The minimum atomic E-state index is -0.582. The van der Waals surface area contributed by atoms with Crippen LogP contribution in [0.2, 0.25) is 0 Å². The number of piperidine rings is 1. The fourth-order valence-corrected chi connectivity index (χ4v) is 2.65. The summed E-state index contributed by atoms with van der Waals surface area (Å²) in [4.78, 5) is 24.6. The lowest BCUT2D eigenvalue weighted by Gasteiger charge is -2.31. The van der Waals surface area contributed by atoms with Crippen molar-refractivity contribution in [3.8, 4) is 0 Å². The van der Waals surface area contributed by atoms with Crippen molar-refractivity contribution in [3.05, 3.63) is 33.9 Å². The summed E-state index contributed by atoms with van der Waals surface area (Å²) in [5.41, 5.74) is 5.46. The molecule has 1 aromatic carbocycles. The van der Waals surface area contributed by atoms with E-state index in [0.29, 0.717) is 19.0 Å². The van der Waals surface area contributed by atoms with Gasteiger partial charge in [0.2, 0.25) is 0 Å². The lowest BCUT2D eigenvalue weighted by molar-refractivity contribution is -0.384. The van der Waals surface area contributed by atoms with Gasteiger partial charge in [-0.3, -0.25) is 14.9 Å². The number of benzene rings is 1. The summed E-state index contributed by atoms with van der Waals surface area (Å²) < 4.78 is 0. The third-order valence-electron chi connectivity index (χ3n) is 3.96. The molecule has 6 nitrogen and oxygen atoms in total. The minimum Gasteiger partial charge on any atom is -0.393 e. The fourth-order valence-electron chi connectivity index (χ4n) is 2.65. The Morgan fingerprint density at radius 3 is 2.65 bits per heavy atom. The van der Waals surface area contributed by atoms with Crippen molar-refractivity contribution in [2.75, 3.05) is 18.8 Å². The molecule has 0 spiro atoms. The highest BCUT2D eigenvalue weighted by molar-refractivity contribution is 6.00. The largest absolute Gasteiger partial charge is 0.393 e. The molecule has 0 radical (unpaired) electrons. The van der Waals surface area contributed by atoms with E-state index in [0.717, 1.165) is 19.3 Å². The van der Waals surface area contributed by atoms with Crippen LogP contribution in [-0.2, 0) is 0 Å². The molecule has 0 bridgehead atoms. The molecule has 1 saturated heterocycles. The summed E-state index contributed by atoms with van der Waals surface area (Å²) in [6.45, 7) is 3.46. The molecule has 2 N–H and O–H groups in total. The predicted molar refractivity (Wildman–Crippen MR) is 76.4 cm³/mol. The first-order chi connectivity index (χ1) is 9.54. The van der Waals surface area contributed by atoms with Crippen molar-refractivity contribution in [1.29, 1.82) is 0 Å². The number of para-hydroxylation sites is 1. The van der Waals surface area contributed by atoms with E-state index in [4.69, 9.17) is 5.73 Å². The Morgan fingerprint density at radius 1 is 1.45 bits per heavy atom. The van der Waals surface area contributed by atoms with E-state index in [2.05, 4.69) is 6.92 Å². The van der Waals surface area contributed by atoms with Crippen molar-refractivity contribution < 1.29 is 9.72 Å². The number of nitro groups is 1. The molecule has 1 amide bonds. The highest BCUT2D eigenvalue weighted by Crippen LogP contribution is 2.28. The zero-order valence-corrected chi connectivity index (χ0v) is 11.5. The first-order valence-corrected chi connectivity index (χ1v) is 6.86. The highest BCUT2D eigenvalue weighted by Gasteiger charge is 2.29. The van der Waals surface area contributed by atoms with E-state index in [1.165, 1.54) is 12.1 Å². The van der Waals surface area contributed by atoms with E-state index in [-0.39, 0.29) is 22.8 Å². The molecule has 2 rings (SSSR count). The molecule has 1 aromatic rings. The first-order valence-electron chi connectivity index (χ1n) is 6.86. The van der Waals surface area contributed by atoms with Gasteiger partial charge in [0.25, 0.3) is 5.91 Å². The lowest BCUT2D eigenvalue weighted by Crippen LogP contribution is -2.38. The average molecular weight is 277 g/mol. The quantitative estimate of drug-likeness (QED) is 0.522. The number of hydrogen-bond acceptors (Lipinski definition) is 4. The van der Waals surface area contributed by atoms with Crippen LogP contribution in [0.1, 0.15) is 36.5 Å². The smallest absolute Gasteiger partial charge is 0.304 e. The molecule has 0 unspecified atom stereocenters. The summed E-state index contributed by atoms with van der Waals surface area (Å²) in [6, 6.07) is 4.50. The van der Waals surface area contributed by atoms with Crippen molar-refractivity contribution in [2.24, 2.45) is 5.92 Å². The van der Waals surface area contributed by atoms with E-state index in [9.17, 15) is 14.9 Å². The number of carbonyl (C=O) groups is 1. The Balaban J connectivity index is 2.22. The molecule has 1 fully saturated rings. The molecular formula is C14H19N3O3. The van der Waals surface area contributed by atoms with Crippen molar-refractivity contribution in [1.82, 2.24) is 4.90 Å². The third kappa shape index (κ3) is 2.74. The lowest BCUT2D eigenvalue weighted by atomic mass is 9.94. The molecule has 0 atom stereocenters. The normalized spacial score (nSPS) is 16.1. The van der Waals surface area contributed by atoms with Gasteiger partial charge < -0.3 is 10.6 Å². The Kier molecular flexibility index (Phi) is 4.22. The van der Waals surface area contributed by atoms with Crippen LogP contribution in [0.3, 0.4) is 0 Å². The molecule has 1 heterocycles. The number of rotatable bonds is 3. The molecule has 108 valence electrons. The van der Waals surface area contributed by atoms with Gasteiger partial charge >= 0.3 is 5.69 Å². The van der Waals surface area contributed by atoms with Gasteiger partial charge in [-0.25, -0.2) is 0 Å². The maximum atomic E-state index is 12.4. The standard InChI is InChI=1S/C14H19N3O3/c1-2-10-6-8-16(9-7-10)14(18)11-4-3-5-12(15)13(11)17(19)20/h3-5,10H,2,6-9,15H2,1H3. The number of nitrogens with zero attached hydrogens (tertiary/aromatic N) is 2. The summed E-state index contributed by atoms with van der Waals surface area (Å²) in [6.07, 6.45) is 3.02. The summed E-state index contributed by atoms with van der Waals surface area (Å²) in [5, 5.41) is 11.1. The number of nitrogens with two attached hydrogens (primary N) is 1. The second-order valence-electron chi connectivity index (χ2n) is 5.14. The minimum absolute atomic E-state index is 0.0318. The van der Waals surface area contributed by atoms with Crippen LogP contribution in [-0.4, -0.2) is 28.8 Å². The van der Waals surface area contributed by atoms with E-state index in [1.54, 1.807) is 11.0 Å². The van der Waals surface area contributed by atoms with Crippen LogP contribution >= 0.6 is 0 Å². The molecule has 0 saturated carbocycles. The van der Waals surface area contributed by atoms with Crippen LogP contribution in [0.4, 0.5) is 11.4 Å². The van der Waals surface area contributed by atoms with Gasteiger partial charge in [-0.1, -0.05) is 19.4 Å². The van der Waals surface area contributed by atoms with Gasteiger partial charge in [-0.2, -0.15) is 0 Å². The second kappa shape index (κ2) is 5.90. The zero-order chi connectivity index (χ0) is 14.7. The summed E-state index contributed by atoms with van der Waals surface area (Å²) >= 11 is 0.